The Morgan fingerprint density at radius 3 is 2.50 bits per heavy atom. The van der Waals surface area contributed by atoms with Crippen LogP contribution in [0.1, 0.15) is 20.8 Å². The van der Waals surface area contributed by atoms with Gasteiger partial charge >= 0.3 is 6.03 Å². The average Bonchev–Trinajstić information content (AvgIpc) is 2.13. The summed E-state index contributed by atoms with van der Waals surface area (Å²) in [6, 6.07) is -0.880. The third-order valence-electron chi connectivity index (χ3n) is 2.59. The summed E-state index contributed by atoms with van der Waals surface area (Å²) >= 11 is 0. The number of urea groups is 1. The summed E-state index contributed by atoms with van der Waals surface area (Å²) in [5.74, 6) is -0.346. The van der Waals surface area contributed by atoms with Crippen LogP contribution in [0.3, 0.4) is 0 Å². The van der Waals surface area contributed by atoms with Crippen molar-refractivity contribution >= 4 is 11.9 Å². The fourth-order valence-corrected chi connectivity index (χ4v) is 1.69. The first-order chi connectivity index (χ1) is 7.35. The number of amides is 3. The van der Waals surface area contributed by atoms with Crippen molar-refractivity contribution in [2.75, 3.05) is 19.6 Å². The molecule has 6 heteroatoms. The van der Waals surface area contributed by atoms with E-state index in [2.05, 4.69) is 10.6 Å². The van der Waals surface area contributed by atoms with E-state index in [9.17, 15) is 14.7 Å². The van der Waals surface area contributed by atoms with E-state index in [4.69, 9.17) is 0 Å². The number of carbonyl (C=O) groups is 2. The summed E-state index contributed by atoms with van der Waals surface area (Å²) in [6.45, 7) is 6.60. The van der Waals surface area contributed by atoms with E-state index in [0.717, 1.165) is 0 Å². The highest BCUT2D eigenvalue weighted by molar-refractivity contribution is 5.96. The lowest BCUT2D eigenvalue weighted by molar-refractivity contribution is -0.137. The SMILES string of the molecule is CCNC(=O)NC(=O)C(C)N1CC(C)(O)C1. The second-order valence-corrected chi connectivity index (χ2v) is 4.43. The van der Waals surface area contributed by atoms with Gasteiger partial charge in [-0.2, -0.15) is 0 Å². The average molecular weight is 229 g/mol. The molecule has 0 aromatic heterocycles. The van der Waals surface area contributed by atoms with Crippen LogP contribution in [0.2, 0.25) is 0 Å². The minimum atomic E-state index is -0.708. The smallest absolute Gasteiger partial charge is 0.321 e. The Hall–Kier alpha value is -1.14. The zero-order chi connectivity index (χ0) is 12.3. The maximum atomic E-state index is 11.6. The van der Waals surface area contributed by atoms with E-state index in [-0.39, 0.29) is 5.91 Å². The zero-order valence-electron chi connectivity index (χ0n) is 9.91. The Kier molecular flexibility index (Phi) is 3.88. The monoisotopic (exact) mass is 229 g/mol. The van der Waals surface area contributed by atoms with E-state index < -0.39 is 17.7 Å². The van der Waals surface area contributed by atoms with E-state index in [1.165, 1.54) is 0 Å². The fourth-order valence-electron chi connectivity index (χ4n) is 1.69. The van der Waals surface area contributed by atoms with Crippen molar-refractivity contribution < 1.29 is 14.7 Å². The van der Waals surface area contributed by atoms with Crippen LogP contribution in [0.15, 0.2) is 0 Å². The molecule has 92 valence electrons. The van der Waals surface area contributed by atoms with Gasteiger partial charge in [-0.1, -0.05) is 0 Å². The van der Waals surface area contributed by atoms with Gasteiger partial charge in [-0.25, -0.2) is 4.79 Å². The Balaban J connectivity index is 2.35. The van der Waals surface area contributed by atoms with Crippen LogP contribution in [0.25, 0.3) is 0 Å². The minimum Gasteiger partial charge on any atom is -0.388 e. The normalized spacial score (nSPS) is 20.8. The quantitative estimate of drug-likeness (QED) is 0.597. The molecule has 0 aromatic carbocycles. The minimum absolute atomic E-state index is 0.346. The van der Waals surface area contributed by atoms with Crippen molar-refractivity contribution in [2.45, 2.75) is 32.4 Å². The number of hydrogen-bond acceptors (Lipinski definition) is 4. The topological polar surface area (TPSA) is 81.7 Å². The molecule has 3 amide bonds. The van der Waals surface area contributed by atoms with Gasteiger partial charge in [0.2, 0.25) is 5.91 Å². The van der Waals surface area contributed by atoms with Crippen LogP contribution in [0, 0.1) is 0 Å². The maximum Gasteiger partial charge on any atom is 0.321 e. The van der Waals surface area contributed by atoms with Crippen molar-refractivity contribution in [3.63, 3.8) is 0 Å². The maximum absolute atomic E-state index is 11.6. The molecule has 0 aromatic rings. The highest BCUT2D eigenvalue weighted by atomic mass is 16.3. The molecule has 3 N–H and O–H groups in total. The fraction of sp³-hybridized carbons (Fsp3) is 0.800. The third-order valence-corrected chi connectivity index (χ3v) is 2.59. The second kappa shape index (κ2) is 4.80. The Morgan fingerprint density at radius 1 is 1.50 bits per heavy atom. The first-order valence-corrected chi connectivity index (χ1v) is 5.41. The lowest BCUT2D eigenvalue weighted by Crippen LogP contribution is -2.65. The Morgan fingerprint density at radius 2 is 2.06 bits per heavy atom. The molecule has 1 unspecified atom stereocenters. The van der Waals surface area contributed by atoms with Crippen molar-refractivity contribution in [3.8, 4) is 0 Å². The van der Waals surface area contributed by atoms with Gasteiger partial charge in [0.05, 0.1) is 11.6 Å². The number of aliphatic hydroxyl groups is 1. The number of nitrogens with one attached hydrogen (secondary N) is 2. The largest absolute Gasteiger partial charge is 0.388 e. The molecule has 6 nitrogen and oxygen atoms in total. The van der Waals surface area contributed by atoms with E-state index >= 15 is 0 Å². The first kappa shape index (κ1) is 12.9. The van der Waals surface area contributed by atoms with Gasteiger partial charge in [0.25, 0.3) is 0 Å². The standard InChI is InChI=1S/C10H19N3O3/c1-4-11-9(15)12-8(14)7(2)13-5-10(3,16)6-13/h7,16H,4-6H2,1-3H3,(H2,11,12,14,15). The molecule has 0 saturated carbocycles. The van der Waals surface area contributed by atoms with Crippen molar-refractivity contribution in [1.29, 1.82) is 0 Å². The molecular formula is C10H19N3O3. The molecule has 1 aliphatic rings. The second-order valence-electron chi connectivity index (χ2n) is 4.43. The number of carbonyl (C=O) groups excluding carboxylic acids is 2. The lowest BCUT2D eigenvalue weighted by atomic mass is 9.95. The molecule has 0 radical (unpaired) electrons. The highest BCUT2D eigenvalue weighted by Gasteiger charge is 2.41. The summed E-state index contributed by atoms with van der Waals surface area (Å²) in [4.78, 5) is 24.5. The highest BCUT2D eigenvalue weighted by Crippen LogP contribution is 2.21. The molecule has 1 atom stereocenters. The zero-order valence-corrected chi connectivity index (χ0v) is 9.91. The van der Waals surface area contributed by atoms with Gasteiger partial charge in [-0.3, -0.25) is 15.0 Å². The van der Waals surface area contributed by atoms with Crippen molar-refractivity contribution in [3.05, 3.63) is 0 Å². The molecule has 1 fully saturated rings. The van der Waals surface area contributed by atoms with Crippen LogP contribution in [-0.2, 0) is 4.79 Å². The van der Waals surface area contributed by atoms with Gasteiger partial charge in [0.15, 0.2) is 0 Å². The molecule has 1 saturated heterocycles. The van der Waals surface area contributed by atoms with Crippen LogP contribution >= 0.6 is 0 Å². The number of nitrogens with zero attached hydrogens (tertiary/aromatic N) is 1. The molecule has 16 heavy (non-hydrogen) atoms. The van der Waals surface area contributed by atoms with Crippen LogP contribution < -0.4 is 10.6 Å². The molecule has 1 aliphatic heterocycles. The molecular weight excluding hydrogens is 210 g/mol. The summed E-state index contributed by atoms with van der Waals surface area (Å²) in [7, 11) is 0. The lowest BCUT2D eigenvalue weighted by Gasteiger charge is -2.46. The van der Waals surface area contributed by atoms with Gasteiger partial charge in [-0.15, -0.1) is 0 Å². The molecule has 1 heterocycles. The Labute approximate surface area is 95.0 Å². The number of likely N-dealkylation sites (tertiary alicyclic amines) is 1. The number of rotatable bonds is 3. The molecule has 0 spiro atoms. The summed E-state index contributed by atoms with van der Waals surface area (Å²) < 4.78 is 0. The summed E-state index contributed by atoms with van der Waals surface area (Å²) in [5, 5.41) is 14.3. The van der Waals surface area contributed by atoms with E-state index in [1.54, 1.807) is 20.8 Å². The Bertz CT molecular complexity index is 283. The number of β-amino-alcohol motifs (C(OH)–C–C–N with tert-alkyl or cyclic N) is 1. The van der Waals surface area contributed by atoms with Gasteiger partial charge in [0.1, 0.15) is 0 Å². The predicted octanol–water partition coefficient (Wildman–Crippen LogP) is -0.713. The van der Waals surface area contributed by atoms with E-state index in [1.807, 2.05) is 4.90 Å². The molecule has 0 bridgehead atoms. The number of hydrogen-bond donors (Lipinski definition) is 3. The number of imide groups is 1. The van der Waals surface area contributed by atoms with Crippen LogP contribution in [0.5, 0.6) is 0 Å². The first-order valence-electron chi connectivity index (χ1n) is 5.41. The van der Waals surface area contributed by atoms with Crippen LogP contribution in [0.4, 0.5) is 4.79 Å². The molecule has 1 rings (SSSR count). The summed E-state index contributed by atoms with van der Waals surface area (Å²) in [5.41, 5.74) is -0.708. The van der Waals surface area contributed by atoms with Gasteiger partial charge in [-0.05, 0) is 20.8 Å². The molecule has 0 aliphatic carbocycles. The third kappa shape index (κ3) is 3.18. The summed E-state index contributed by atoms with van der Waals surface area (Å²) in [6.07, 6.45) is 0. The van der Waals surface area contributed by atoms with Gasteiger partial charge < -0.3 is 10.4 Å². The van der Waals surface area contributed by atoms with Crippen LogP contribution in [-0.4, -0.2) is 53.2 Å². The van der Waals surface area contributed by atoms with E-state index in [0.29, 0.717) is 19.6 Å². The predicted molar refractivity (Wildman–Crippen MR) is 58.9 cm³/mol. The van der Waals surface area contributed by atoms with Gasteiger partial charge in [0, 0.05) is 19.6 Å². The van der Waals surface area contributed by atoms with Crippen molar-refractivity contribution in [1.82, 2.24) is 15.5 Å². The van der Waals surface area contributed by atoms with Crippen molar-refractivity contribution in [2.24, 2.45) is 0 Å².